The Morgan fingerprint density at radius 2 is 1.88 bits per heavy atom. The SMILES string of the molecule is COc1ccc(-c2cnn(C)c2[C@@H](Cc2ccccc2)NC(=O)O)cc1. The lowest BCUT2D eigenvalue weighted by molar-refractivity contribution is 0.189. The fourth-order valence-electron chi connectivity index (χ4n) is 3.07. The number of methoxy groups -OCH3 is 1. The van der Waals surface area contributed by atoms with Crippen molar-refractivity contribution in [3.8, 4) is 16.9 Å². The molecule has 2 N–H and O–H groups in total. The van der Waals surface area contributed by atoms with Crippen molar-refractivity contribution in [3.05, 3.63) is 72.1 Å². The Kier molecular flexibility index (Phi) is 5.22. The first-order valence-corrected chi connectivity index (χ1v) is 8.28. The second kappa shape index (κ2) is 7.74. The lowest BCUT2D eigenvalue weighted by Crippen LogP contribution is -2.30. The molecule has 1 aromatic heterocycles. The fourth-order valence-corrected chi connectivity index (χ4v) is 3.07. The summed E-state index contributed by atoms with van der Waals surface area (Å²) >= 11 is 0. The van der Waals surface area contributed by atoms with E-state index in [0.29, 0.717) is 6.42 Å². The maximum Gasteiger partial charge on any atom is 0.405 e. The quantitative estimate of drug-likeness (QED) is 0.711. The maximum absolute atomic E-state index is 11.4. The monoisotopic (exact) mass is 351 g/mol. The van der Waals surface area contributed by atoms with Crippen molar-refractivity contribution in [3.63, 3.8) is 0 Å². The number of aryl methyl sites for hydroxylation is 1. The predicted octanol–water partition coefficient (Wildman–Crippen LogP) is 3.65. The first kappa shape index (κ1) is 17.5. The number of rotatable bonds is 6. The number of nitrogens with zero attached hydrogens (tertiary/aromatic N) is 2. The molecule has 134 valence electrons. The Balaban J connectivity index is 2.00. The average molecular weight is 351 g/mol. The van der Waals surface area contributed by atoms with Gasteiger partial charge in [-0.3, -0.25) is 4.68 Å². The van der Waals surface area contributed by atoms with Gasteiger partial charge in [-0.25, -0.2) is 4.79 Å². The van der Waals surface area contributed by atoms with Crippen LogP contribution in [0.2, 0.25) is 0 Å². The molecule has 26 heavy (non-hydrogen) atoms. The number of aromatic nitrogens is 2. The Labute approximate surface area is 152 Å². The largest absolute Gasteiger partial charge is 0.497 e. The van der Waals surface area contributed by atoms with Gasteiger partial charge in [0.1, 0.15) is 5.75 Å². The number of ether oxygens (including phenoxy) is 1. The number of benzene rings is 2. The number of hydrogen-bond acceptors (Lipinski definition) is 3. The van der Waals surface area contributed by atoms with Crippen LogP contribution >= 0.6 is 0 Å². The molecule has 1 amide bonds. The molecule has 1 heterocycles. The van der Waals surface area contributed by atoms with Crippen molar-refractivity contribution in [1.29, 1.82) is 0 Å². The zero-order valence-corrected chi connectivity index (χ0v) is 14.7. The van der Waals surface area contributed by atoms with Crippen molar-refractivity contribution >= 4 is 6.09 Å². The smallest absolute Gasteiger partial charge is 0.405 e. The predicted molar refractivity (Wildman–Crippen MR) is 99.2 cm³/mol. The van der Waals surface area contributed by atoms with E-state index >= 15 is 0 Å². The third-order valence-electron chi connectivity index (χ3n) is 4.30. The van der Waals surface area contributed by atoms with Crippen LogP contribution in [0, 0.1) is 0 Å². The number of nitrogens with one attached hydrogen (secondary N) is 1. The number of carboxylic acid groups (broad SMARTS) is 1. The number of hydrogen-bond donors (Lipinski definition) is 2. The van der Waals surface area contributed by atoms with Crippen LogP contribution in [0.15, 0.2) is 60.8 Å². The van der Waals surface area contributed by atoms with E-state index in [1.807, 2.05) is 61.6 Å². The number of carbonyl (C=O) groups is 1. The Morgan fingerprint density at radius 1 is 1.19 bits per heavy atom. The van der Waals surface area contributed by atoms with Gasteiger partial charge in [-0.1, -0.05) is 42.5 Å². The van der Waals surface area contributed by atoms with E-state index in [4.69, 9.17) is 4.74 Å². The summed E-state index contributed by atoms with van der Waals surface area (Å²) in [6.07, 6.45) is 1.24. The van der Waals surface area contributed by atoms with Gasteiger partial charge in [0.15, 0.2) is 0 Å². The highest BCUT2D eigenvalue weighted by Gasteiger charge is 2.23. The topological polar surface area (TPSA) is 76.4 Å². The minimum absolute atomic E-state index is 0.417. The van der Waals surface area contributed by atoms with Gasteiger partial charge in [0.25, 0.3) is 0 Å². The molecule has 0 unspecified atom stereocenters. The average Bonchev–Trinajstić information content (AvgIpc) is 3.03. The van der Waals surface area contributed by atoms with Gasteiger partial charge in [0.2, 0.25) is 0 Å². The molecule has 0 spiro atoms. The first-order chi connectivity index (χ1) is 12.6. The van der Waals surface area contributed by atoms with Gasteiger partial charge in [-0.2, -0.15) is 5.10 Å². The van der Waals surface area contributed by atoms with Crippen LogP contribution in [0.25, 0.3) is 11.1 Å². The molecular formula is C20H21N3O3. The summed E-state index contributed by atoms with van der Waals surface area (Å²) in [5, 5.41) is 16.3. The Bertz CT molecular complexity index is 873. The third-order valence-corrected chi connectivity index (χ3v) is 4.30. The van der Waals surface area contributed by atoms with Crippen LogP contribution in [-0.2, 0) is 13.5 Å². The second-order valence-corrected chi connectivity index (χ2v) is 5.99. The van der Waals surface area contributed by atoms with Gasteiger partial charge in [-0.15, -0.1) is 0 Å². The summed E-state index contributed by atoms with van der Waals surface area (Å²) in [7, 11) is 3.45. The Hall–Kier alpha value is -3.28. The maximum atomic E-state index is 11.4. The van der Waals surface area contributed by atoms with Gasteiger partial charge < -0.3 is 15.2 Å². The van der Waals surface area contributed by atoms with Gasteiger partial charge in [-0.05, 0) is 29.7 Å². The molecule has 0 aliphatic heterocycles. The van der Waals surface area contributed by atoms with Gasteiger partial charge >= 0.3 is 6.09 Å². The molecule has 0 aliphatic rings. The van der Waals surface area contributed by atoms with Crippen LogP contribution in [-0.4, -0.2) is 28.1 Å². The van der Waals surface area contributed by atoms with Crippen LogP contribution < -0.4 is 10.1 Å². The molecule has 6 heteroatoms. The molecule has 0 bridgehead atoms. The van der Waals surface area contributed by atoms with Crippen LogP contribution in [0.1, 0.15) is 17.3 Å². The van der Waals surface area contributed by atoms with Crippen molar-refractivity contribution in [2.75, 3.05) is 7.11 Å². The highest BCUT2D eigenvalue weighted by atomic mass is 16.5. The summed E-state index contributed by atoms with van der Waals surface area (Å²) in [6.45, 7) is 0. The molecular weight excluding hydrogens is 330 g/mol. The normalized spacial score (nSPS) is 11.8. The molecule has 3 aromatic rings. The molecule has 0 saturated carbocycles. The molecule has 0 saturated heterocycles. The first-order valence-electron chi connectivity index (χ1n) is 8.28. The van der Waals surface area contributed by atoms with E-state index in [9.17, 15) is 9.90 Å². The molecule has 0 radical (unpaired) electrons. The van der Waals surface area contributed by atoms with Crippen molar-refractivity contribution in [2.24, 2.45) is 7.05 Å². The molecule has 0 fully saturated rings. The second-order valence-electron chi connectivity index (χ2n) is 5.99. The summed E-state index contributed by atoms with van der Waals surface area (Å²) in [5.41, 5.74) is 3.72. The number of amides is 1. The van der Waals surface area contributed by atoms with E-state index in [-0.39, 0.29) is 0 Å². The third kappa shape index (κ3) is 3.85. The summed E-state index contributed by atoms with van der Waals surface area (Å²) in [4.78, 5) is 11.4. The van der Waals surface area contributed by atoms with Crippen molar-refractivity contribution in [1.82, 2.24) is 15.1 Å². The van der Waals surface area contributed by atoms with E-state index in [1.54, 1.807) is 18.0 Å². The fraction of sp³-hybridized carbons (Fsp3) is 0.200. The zero-order valence-electron chi connectivity index (χ0n) is 14.7. The summed E-state index contributed by atoms with van der Waals surface area (Å²) in [5.74, 6) is 0.767. The zero-order chi connectivity index (χ0) is 18.5. The van der Waals surface area contributed by atoms with Crippen LogP contribution in [0.5, 0.6) is 5.75 Å². The van der Waals surface area contributed by atoms with Crippen LogP contribution in [0.3, 0.4) is 0 Å². The minimum Gasteiger partial charge on any atom is -0.497 e. The highest BCUT2D eigenvalue weighted by molar-refractivity contribution is 5.69. The summed E-state index contributed by atoms with van der Waals surface area (Å²) in [6, 6.07) is 17.0. The lowest BCUT2D eigenvalue weighted by Gasteiger charge is -2.19. The van der Waals surface area contributed by atoms with Crippen molar-refractivity contribution < 1.29 is 14.6 Å². The van der Waals surface area contributed by atoms with E-state index in [2.05, 4.69) is 10.4 Å². The molecule has 1 atom stereocenters. The van der Waals surface area contributed by atoms with Crippen LogP contribution in [0.4, 0.5) is 4.79 Å². The Morgan fingerprint density at radius 3 is 2.50 bits per heavy atom. The highest BCUT2D eigenvalue weighted by Crippen LogP contribution is 2.31. The lowest BCUT2D eigenvalue weighted by atomic mass is 9.97. The molecule has 2 aromatic carbocycles. The molecule has 0 aliphatic carbocycles. The van der Waals surface area contributed by atoms with Crippen molar-refractivity contribution in [2.45, 2.75) is 12.5 Å². The van der Waals surface area contributed by atoms with Gasteiger partial charge in [0.05, 0.1) is 25.0 Å². The summed E-state index contributed by atoms with van der Waals surface area (Å²) < 4.78 is 6.93. The molecule has 3 rings (SSSR count). The van der Waals surface area contributed by atoms with E-state index in [0.717, 1.165) is 28.1 Å². The van der Waals surface area contributed by atoms with E-state index in [1.165, 1.54) is 0 Å². The van der Waals surface area contributed by atoms with E-state index < -0.39 is 12.1 Å². The molecule has 6 nitrogen and oxygen atoms in total. The minimum atomic E-state index is -1.06. The standard InChI is InChI=1S/C20H21N3O3/c1-23-19(17(13-21-23)15-8-10-16(26-2)11-9-15)18(22-20(24)25)12-14-6-4-3-5-7-14/h3-11,13,18,22H,12H2,1-2H3,(H,24,25)/t18-/m1/s1. The van der Waals surface area contributed by atoms with Gasteiger partial charge in [0, 0.05) is 12.6 Å².